The summed E-state index contributed by atoms with van der Waals surface area (Å²) in [5.74, 6) is -0.936. The van der Waals surface area contributed by atoms with E-state index in [1.165, 1.54) is 4.90 Å². The molecule has 0 aliphatic rings. The van der Waals surface area contributed by atoms with Gasteiger partial charge in [0.25, 0.3) is 5.56 Å². The van der Waals surface area contributed by atoms with Crippen molar-refractivity contribution in [3.05, 3.63) is 22.0 Å². The molecule has 0 atom stereocenters. The lowest BCUT2D eigenvalue weighted by molar-refractivity contribution is 0.0697. The van der Waals surface area contributed by atoms with E-state index >= 15 is 0 Å². The van der Waals surface area contributed by atoms with Gasteiger partial charge in [-0.05, 0) is 0 Å². The zero-order valence-electron chi connectivity index (χ0n) is 7.24. The van der Waals surface area contributed by atoms with Crippen molar-refractivity contribution in [3.8, 4) is 0 Å². The van der Waals surface area contributed by atoms with Gasteiger partial charge < -0.3 is 10.0 Å². The Morgan fingerprint density at radius 3 is 2.69 bits per heavy atom. The average molecular weight is 183 g/mol. The molecule has 0 aliphatic heterocycles. The quantitative estimate of drug-likeness (QED) is 0.647. The minimum absolute atomic E-state index is 0.103. The highest BCUT2D eigenvalue weighted by molar-refractivity contribution is 5.92. The predicted molar refractivity (Wildman–Crippen MR) is 46.1 cm³/mol. The second-order valence-electron chi connectivity index (χ2n) is 2.67. The highest BCUT2D eigenvalue weighted by Gasteiger charge is 2.13. The van der Waals surface area contributed by atoms with Crippen LogP contribution in [-0.4, -0.2) is 35.4 Å². The number of anilines is 1. The fourth-order valence-corrected chi connectivity index (χ4v) is 0.894. The van der Waals surface area contributed by atoms with Gasteiger partial charge in [-0.25, -0.2) is 9.89 Å². The van der Waals surface area contributed by atoms with E-state index in [2.05, 4.69) is 10.2 Å². The molecule has 6 heteroatoms. The van der Waals surface area contributed by atoms with E-state index in [1.807, 2.05) is 0 Å². The van der Waals surface area contributed by atoms with E-state index in [-0.39, 0.29) is 11.4 Å². The second-order valence-corrected chi connectivity index (χ2v) is 2.67. The van der Waals surface area contributed by atoms with Crippen molar-refractivity contribution >= 4 is 11.8 Å². The molecular weight excluding hydrogens is 174 g/mol. The van der Waals surface area contributed by atoms with E-state index in [0.29, 0.717) is 0 Å². The lowest BCUT2D eigenvalue weighted by atomic mass is 10.3. The van der Waals surface area contributed by atoms with Crippen molar-refractivity contribution in [2.75, 3.05) is 19.0 Å². The Balaban J connectivity index is 3.35. The molecule has 1 heterocycles. The number of hydrogen-bond donors (Lipinski definition) is 2. The number of carbonyl (C=O) groups is 1. The van der Waals surface area contributed by atoms with Gasteiger partial charge in [0, 0.05) is 20.2 Å². The monoisotopic (exact) mass is 183 g/mol. The van der Waals surface area contributed by atoms with Crippen LogP contribution in [0.2, 0.25) is 0 Å². The van der Waals surface area contributed by atoms with Gasteiger partial charge in [-0.1, -0.05) is 0 Å². The molecule has 6 nitrogen and oxygen atoms in total. The molecular formula is C7H9N3O3. The first kappa shape index (κ1) is 9.24. The fraction of sp³-hybridized carbons (Fsp3) is 0.286. The Kier molecular flexibility index (Phi) is 2.32. The normalized spacial score (nSPS) is 9.69. The van der Waals surface area contributed by atoms with Gasteiger partial charge in [-0.2, -0.15) is 5.10 Å². The number of carboxylic acids is 1. The molecule has 1 aromatic rings. The summed E-state index contributed by atoms with van der Waals surface area (Å²) in [5, 5.41) is 14.5. The minimum atomic E-state index is -1.16. The highest BCUT2D eigenvalue weighted by atomic mass is 16.4. The molecule has 0 unspecified atom stereocenters. The first-order valence-corrected chi connectivity index (χ1v) is 3.52. The molecule has 70 valence electrons. The average Bonchev–Trinajstić information content (AvgIpc) is 2.03. The fourth-order valence-electron chi connectivity index (χ4n) is 0.894. The molecule has 0 aliphatic carbocycles. The van der Waals surface area contributed by atoms with Crippen LogP contribution >= 0.6 is 0 Å². The van der Waals surface area contributed by atoms with Crippen LogP contribution in [-0.2, 0) is 0 Å². The zero-order chi connectivity index (χ0) is 10.0. The van der Waals surface area contributed by atoms with Crippen LogP contribution in [0.1, 0.15) is 10.4 Å². The number of nitrogens with one attached hydrogen (secondary N) is 1. The maximum atomic E-state index is 10.8. The number of H-pyrrole nitrogens is 1. The van der Waals surface area contributed by atoms with Crippen LogP contribution < -0.4 is 10.5 Å². The third-order valence-corrected chi connectivity index (χ3v) is 1.44. The smallest absolute Gasteiger partial charge is 0.339 e. The number of rotatable bonds is 2. The number of aromatic carboxylic acids is 1. The molecule has 0 radical (unpaired) electrons. The van der Waals surface area contributed by atoms with Gasteiger partial charge in [0.15, 0.2) is 5.82 Å². The third kappa shape index (κ3) is 1.84. The van der Waals surface area contributed by atoms with Crippen LogP contribution in [0.25, 0.3) is 0 Å². The van der Waals surface area contributed by atoms with Crippen molar-refractivity contribution in [2.24, 2.45) is 0 Å². The summed E-state index contributed by atoms with van der Waals surface area (Å²) in [6.07, 6.45) is 0. The molecule has 0 amide bonds. The molecule has 13 heavy (non-hydrogen) atoms. The van der Waals surface area contributed by atoms with Gasteiger partial charge in [0.1, 0.15) is 5.56 Å². The highest BCUT2D eigenvalue weighted by Crippen LogP contribution is 2.10. The third-order valence-electron chi connectivity index (χ3n) is 1.44. The molecule has 2 N–H and O–H groups in total. The maximum absolute atomic E-state index is 10.8. The Morgan fingerprint density at radius 1 is 1.62 bits per heavy atom. The zero-order valence-corrected chi connectivity index (χ0v) is 7.24. The van der Waals surface area contributed by atoms with E-state index in [1.54, 1.807) is 14.1 Å². The Hall–Kier alpha value is -1.85. The first-order chi connectivity index (χ1) is 6.02. The Bertz CT molecular complexity index is 383. The number of carboxylic acid groups (broad SMARTS) is 1. The van der Waals surface area contributed by atoms with Gasteiger partial charge in [0.05, 0.1) is 0 Å². The number of aromatic amines is 1. The second kappa shape index (κ2) is 3.26. The van der Waals surface area contributed by atoms with Crippen LogP contribution in [0, 0.1) is 0 Å². The SMILES string of the molecule is CN(C)c1n[nH]c(=O)cc1C(=O)O. The van der Waals surface area contributed by atoms with E-state index in [0.717, 1.165) is 6.07 Å². The lowest BCUT2D eigenvalue weighted by Crippen LogP contribution is -2.20. The molecule has 0 saturated carbocycles. The molecule has 0 fully saturated rings. The lowest BCUT2D eigenvalue weighted by Gasteiger charge is -2.11. The number of aromatic nitrogens is 2. The molecule has 0 aromatic carbocycles. The van der Waals surface area contributed by atoms with Crippen molar-refractivity contribution in [1.82, 2.24) is 10.2 Å². The van der Waals surface area contributed by atoms with Crippen molar-refractivity contribution in [1.29, 1.82) is 0 Å². The largest absolute Gasteiger partial charge is 0.478 e. The first-order valence-electron chi connectivity index (χ1n) is 3.52. The molecule has 0 bridgehead atoms. The van der Waals surface area contributed by atoms with Gasteiger partial charge in [-0.3, -0.25) is 4.79 Å². The molecule has 1 rings (SSSR count). The van der Waals surface area contributed by atoms with Crippen LogP contribution in [0.4, 0.5) is 5.82 Å². The van der Waals surface area contributed by atoms with Crippen molar-refractivity contribution < 1.29 is 9.90 Å². The standard InChI is InChI=1S/C7H9N3O3/c1-10(2)6-4(7(12)13)3-5(11)8-9-6/h3H,1-2H3,(H,8,11)(H,12,13). The topological polar surface area (TPSA) is 86.3 Å². The summed E-state index contributed by atoms with van der Waals surface area (Å²) in [6.45, 7) is 0. The van der Waals surface area contributed by atoms with Crippen molar-refractivity contribution in [3.63, 3.8) is 0 Å². The summed E-state index contributed by atoms with van der Waals surface area (Å²) in [5.41, 5.74) is -0.628. The summed E-state index contributed by atoms with van der Waals surface area (Å²) >= 11 is 0. The van der Waals surface area contributed by atoms with Crippen LogP contribution in [0.3, 0.4) is 0 Å². The molecule has 0 saturated heterocycles. The Morgan fingerprint density at radius 2 is 2.23 bits per heavy atom. The summed E-state index contributed by atoms with van der Waals surface area (Å²) in [4.78, 5) is 22.9. The predicted octanol–water partition coefficient (Wildman–Crippen LogP) is -0.466. The van der Waals surface area contributed by atoms with Gasteiger partial charge in [0.2, 0.25) is 0 Å². The van der Waals surface area contributed by atoms with Crippen LogP contribution in [0.15, 0.2) is 10.9 Å². The van der Waals surface area contributed by atoms with Gasteiger partial charge >= 0.3 is 5.97 Å². The maximum Gasteiger partial charge on any atom is 0.339 e. The number of nitrogens with zero attached hydrogens (tertiary/aromatic N) is 2. The molecule has 0 spiro atoms. The number of hydrogen-bond acceptors (Lipinski definition) is 4. The summed E-state index contributed by atoms with van der Waals surface area (Å²) < 4.78 is 0. The van der Waals surface area contributed by atoms with E-state index in [9.17, 15) is 9.59 Å². The van der Waals surface area contributed by atoms with Crippen molar-refractivity contribution in [2.45, 2.75) is 0 Å². The Labute approximate surface area is 73.8 Å². The summed E-state index contributed by atoms with van der Waals surface area (Å²) in [7, 11) is 3.29. The van der Waals surface area contributed by atoms with E-state index in [4.69, 9.17) is 5.11 Å². The minimum Gasteiger partial charge on any atom is -0.478 e. The van der Waals surface area contributed by atoms with Crippen LogP contribution in [0.5, 0.6) is 0 Å². The summed E-state index contributed by atoms with van der Waals surface area (Å²) in [6, 6.07) is 1.00. The van der Waals surface area contributed by atoms with E-state index < -0.39 is 11.5 Å². The van der Waals surface area contributed by atoms with Gasteiger partial charge in [-0.15, -0.1) is 0 Å². The molecule has 1 aromatic heterocycles.